The predicted molar refractivity (Wildman–Crippen MR) is 271 cm³/mol. The summed E-state index contributed by atoms with van der Waals surface area (Å²) in [4.78, 5) is 103. The summed E-state index contributed by atoms with van der Waals surface area (Å²) in [7, 11) is 0. The fourth-order valence-electron chi connectivity index (χ4n) is 7.93. The molecule has 0 spiro atoms. The summed E-state index contributed by atoms with van der Waals surface area (Å²) in [5.41, 5.74) is 0. The number of unbranched alkanes of at least 4 members (excludes halogenated alkanes) is 9. The second-order valence-corrected chi connectivity index (χ2v) is 19.1. The van der Waals surface area contributed by atoms with E-state index in [2.05, 4.69) is 12.2 Å². The van der Waals surface area contributed by atoms with Gasteiger partial charge in [-0.1, -0.05) is 113 Å². The Labute approximate surface area is 444 Å². The Bertz CT molecular complexity index is 1750. The van der Waals surface area contributed by atoms with Crippen molar-refractivity contribution in [1.29, 1.82) is 0 Å². The Morgan fingerprint density at radius 1 is 0.413 bits per heavy atom. The van der Waals surface area contributed by atoms with Gasteiger partial charge < -0.3 is 56.8 Å². The molecule has 20 heteroatoms. The largest absolute Gasteiger partial charge is 0.465 e. The highest BCUT2D eigenvalue weighted by molar-refractivity contribution is 5.72. The van der Waals surface area contributed by atoms with Gasteiger partial charge in [-0.25, -0.2) is 0 Å². The van der Waals surface area contributed by atoms with Crippen LogP contribution in [-0.4, -0.2) is 135 Å². The maximum Gasteiger partial charge on any atom is 0.306 e. The van der Waals surface area contributed by atoms with Crippen molar-refractivity contribution in [3.63, 3.8) is 0 Å². The Balaban J connectivity index is 2.42. The monoisotopic (exact) mass is 1070 g/mol. The summed E-state index contributed by atoms with van der Waals surface area (Å²) >= 11 is 0. The van der Waals surface area contributed by atoms with Crippen LogP contribution in [-0.2, 0) is 95.2 Å². The molecule has 0 aromatic rings. The lowest BCUT2D eigenvalue weighted by atomic mass is 9.96. The lowest BCUT2D eigenvalue weighted by molar-refractivity contribution is -0.372. The second kappa shape index (κ2) is 38.0. The van der Waals surface area contributed by atoms with Gasteiger partial charge in [-0.05, 0) is 51.4 Å². The molecule has 2 aliphatic heterocycles. The van der Waals surface area contributed by atoms with E-state index in [0.29, 0.717) is 25.4 Å². The van der Waals surface area contributed by atoms with Gasteiger partial charge in [-0.15, -0.1) is 0 Å². The average molecular weight is 1070 g/mol. The first kappa shape index (κ1) is 66.5. The van der Waals surface area contributed by atoms with Crippen LogP contribution in [0.25, 0.3) is 0 Å². The summed E-state index contributed by atoms with van der Waals surface area (Å²) in [6, 6.07) is 0. The van der Waals surface area contributed by atoms with E-state index in [1.165, 1.54) is 20.8 Å². The van der Waals surface area contributed by atoms with E-state index in [4.69, 9.17) is 56.8 Å². The first-order valence-corrected chi connectivity index (χ1v) is 27.7. The summed E-state index contributed by atoms with van der Waals surface area (Å²) in [5.74, 6) is -4.75. The fraction of sp³-hybridized carbons (Fsp3) is 0.818. The number of rotatable bonds is 37. The number of hydrogen-bond acceptors (Lipinski definition) is 20. The second-order valence-electron chi connectivity index (χ2n) is 19.1. The predicted octanol–water partition coefficient (Wildman–Crippen LogP) is 8.57. The van der Waals surface area contributed by atoms with E-state index in [0.717, 1.165) is 70.6 Å². The minimum Gasteiger partial charge on any atom is -0.465 e. The van der Waals surface area contributed by atoms with E-state index < -0.39 is 123 Å². The third-order valence-electron chi connectivity index (χ3n) is 12.2. The van der Waals surface area contributed by atoms with Crippen LogP contribution in [0.2, 0.25) is 0 Å². The van der Waals surface area contributed by atoms with Gasteiger partial charge in [0.1, 0.15) is 25.4 Å². The summed E-state index contributed by atoms with van der Waals surface area (Å²) in [5, 5.41) is 0. The van der Waals surface area contributed by atoms with E-state index >= 15 is 0 Å². The van der Waals surface area contributed by atoms with Gasteiger partial charge in [0.2, 0.25) is 0 Å². The zero-order valence-corrected chi connectivity index (χ0v) is 46.5. The Morgan fingerprint density at radius 2 is 0.800 bits per heavy atom. The van der Waals surface area contributed by atoms with E-state index in [1.54, 1.807) is 27.7 Å². The molecule has 0 saturated carbocycles. The fourth-order valence-corrected chi connectivity index (χ4v) is 7.93. The molecule has 0 N–H and O–H groups in total. The van der Waals surface area contributed by atoms with E-state index in [1.807, 2.05) is 20.8 Å². The zero-order chi connectivity index (χ0) is 55.7. The summed E-state index contributed by atoms with van der Waals surface area (Å²) < 4.78 is 71.9. The molecule has 0 aliphatic carbocycles. The van der Waals surface area contributed by atoms with Crippen LogP contribution in [0.3, 0.4) is 0 Å². The third-order valence-corrected chi connectivity index (χ3v) is 12.2. The molecule has 0 radical (unpaired) electrons. The Hall–Kier alpha value is -4.66. The van der Waals surface area contributed by atoms with Crippen molar-refractivity contribution >= 4 is 47.8 Å². The van der Waals surface area contributed by atoms with Gasteiger partial charge in [0.05, 0.1) is 12.7 Å². The maximum absolute atomic E-state index is 13.4. The van der Waals surface area contributed by atoms with Crippen LogP contribution in [0.15, 0.2) is 12.2 Å². The molecule has 2 rings (SSSR count). The number of carbonyl (C=O) groups excluding carboxylic acids is 8. The van der Waals surface area contributed by atoms with Crippen molar-refractivity contribution in [1.82, 2.24) is 0 Å². The molecule has 1 unspecified atom stereocenters. The highest BCUT2D eigenvalue weighted by atomic mass is 16.8. The maximum atomic E-state index is 13.4. The first-order chi connectivity index (χ1) is 35.9. The average Bonchev–Trinajstić information content (AvgIpc) is 3.40. The van der Waals surface area contributed by atoms with Crippen LogP contribution in [0.4, 0.5) is 0 Å². The van der Waals surface area contributed by atoms with Crippen LogP contribution in [0.5, 0.6) is 0 Å². The Morgan fingerprint density at radius 3 is 1.25 bits per heavy atom. The highest BCUT2D eigenvalue weighted by Gasteiger charge is 2.58. The molecule has 75 heavy (non-hydrogen) atoms. The van der Waals surface area contributed by atoms with Gasteiger partial charge in [0.15, 0.2) is 49.2 Å². The van der Waals surface area contributed by atoms with Crippen molar-refractivity contribution in [3.8, 4) is 0 Å². The highest BCUT2D eigenvalue weighted by Crippen LogP contribution is 2.37. The molecule has 11 atom stereocenters. The minimum absolute atomic E-state index is 0.0187. The molecule has 2 saturated heterocycles. The number of carbonyl (C=O) groups is 8. The van der Waals surface area contributed by atoms with Gasteiger partial charge in [0.25, 0.3) is 0 Å². The molecule has 2 heterocycles. The van der Waals surface area contributed by atoms with Crippen LogP contribution < -0.4 is 0 Å². The molecular weight excluding hydrogens is 981 g/mol. The molecule has 430 valence electrons. The van der Waals surface area contributed by atoms with E-state index in [-0.39, 0.29) is 50.9 Å². The van der Waals surface area contributed by atoms with Crippen molar-refractivity contribution in [3.05, 3.63) is 12.2 Å². The molecule has 0 aromatic carbocycles. The topological polar surface area (TPSA) is 247 Å². The molecule has 0 amide bonds. The number of allylic oxidation sites excluding steroid dienone is 2. The zero-order valence-electron chi connectivity index (χ0n) is 46.5. The lowest BCUT2D eigenvalue weighted by Gasteiger charge is -2.49. The standard InChI is InChI=1S/C55H90O20/c1-11-40(56)65-34-38-49(71-43(59)14-4)51(73-45(61)16-6)53(54(68-38)67-37(10)31-29-27-25-23-21-19-18-20-22-24-26-28-30-32-47(63)64-33-36(8)9)75-55-52(74-46(62)17-7)50(72-44(60)15-5)48(70-42(58)13-3)39(69-55)35-66-41(57)12-2/h18-19,36-39,48-55H,11-17,20-35H2,1-10H3/b19-18-/t37?,38-,39-,48-,49-,50+,51+,52-,53-,54-,55+/m1/s1. The molecule has 20 nitrogen and oxygen atoms in total. The first-order valence-electron chi connectivity index (χ1n) is 27.7. The molecule has 0 aromatic heterocycles. The molecular formula is C55H90O20. The Kier molecular flexibility index (Phi) is 33.7. The van der Waals surface area contributed by atoms with Gasteiger partial charge in [0, 0.05) is 51.4 Å². The number of esters is 8. The van der Waals surface area contributed by atoms with Crippen LogP contribution in [0.1, 0.15) is 198 Å². The van der Waals surface area contributed by atoms with Crippen molar-refractivity contribution < 1.29 is 95.2 Å². The summed E-state index contributed by atoms with van der Waals surface area (Å²) in [6.45, 7) is 16.2. The van der Waals surface area contributed by atoms with Crippen LogP contribution in [0, 0.1) is 5.92 Å². The smallest absolute Gasteiger partial charge is 0.306 e. The third kappa shape index (κ3) is 25.8. The molecule has 0 bridgehead atoms. The molecule has 2 fully saturated rings. The molecule has 2 aliphatic rings. The van der Waals surface area contributed by atoms with E-state index in [9.17, 15) is 38.4 Å². The van der Waals surface area contributed by atoms with Crippen LogP contribution >= 0.6 is 0 Å². The van der Waals surface area contributed by atoms with Gasteiger partial charge in [-0.2, -0.15) is 0 Å². The summed E-state index contributed by atoms with van der Waals surface area (Å²) in [6.07, 6.45) is -0.214. The SMILES string of the molecule is CCC(=O)OC[C@H]1O[C@@H](O[C@H]2[C@H](OC(C)CCCCCC/C=C\CCCCCCCC(=O)OCC(C)C)O[C@H](COC(=O)CC)[C@@H](OC(=O)CC)[C@@H]2OC(=O)CC)[C@H](OC(=O)CC)[C@@H](OC(=O)CC)[C@@H]1OC(=O)CC. The minimum atomic E-state index is -1.77. The van der Waals surface area contributed by atoms with Gasteiger partial charge in [-0.3, -0.25) is 38.4 Å². The van der Waals surface area contributed by atoms with Gasteiger partial charge >= 0.3 is 47.8 Å². The number of ether oxygens (including phenoxy) is 12. The van der Waals surface area contributed by atoms with Crippen molar-refractivity contribution in [2.45, 2.75) is 265 Å². The van der Waals surface area contributed by atoms with Crippen molar-refractivity contribution in [2.75, 3.05) is 19.8 Å². The van der Waals surface area contributed by atoms with Crippen molar-refractivity contribution in [2.24, 2.45) is 5.92 Å². The lowest BCUT2D eigenvalue weighted by Crippen LogP contribution is -2.67. The quantitative estimate of drug-likeness (QED) is 0.0244. The number of hydrogen-bond donors (Lipinski definition) is 0. The normalized spacial score (nSPS) is 23.9.